The van der Waals surface area contributed by atoms with E-state index in [-0.39, 0.29) is 0 Å². The van der Waals surface area contributed by atoms with Gasteiger partial charge >= 0.3 is 0 Å². The normalized spacial score (nSPS) is 12.2. The molecule has 154 valence electrons. The van der Waals surface area contributed by atoms with E-state index in [0.717, 1.165) is 35.0 Å². The van der Waals surface area contributed by atoms with Crippen molar-refractivity contribution in [2.45, 2.75) is 48.0 Å². The van der Waals surface area contributed by atoms with Crippen LogP contribution in [-0.4, -0.2) is 11.5 Å². The molecule has 0 aliphatic carbocycles. The van der Waals surface area contributed by atoms with E-state index >= 15 is 0 Å². The SMILES string of the molecule is CC(Cc1c(C)cccc1C)=Nc1cccc(NC(C)=Nc2c(C)cccc2C)c1. The van der Waals surface area contributed by atoms with E-state index in [1.165, 1.54) is 27.8 Å². The molecule has 0 spiro atoms. The van der Waals surface area contributed by atoms with E-state index < -0.39 is 0 Å². The fourth-order valence-electron chi connectivity index (χ4n) is 3.68. The zero-order valence-electron chi connectivity index (χ0n) is 18.9. The minimum atomic E-state index is 0.862. The number of aryl methyl sites for hydroxylation is 4. The van der Waals surface area contributed by atoms with Crippen molar-refractivity contribution in [3.05, 3.63) is 88.5 Å². The molecule has 3 heteroatoms. The van der Waals surface area contributed by atoms with Crippen molar-refractivity contribution in [1.29, 1.82) is 0 Å². The number of hydrogen-bond acceptors (Lipinski definition) is 2. The summed E-state index contributed by atoms with van der Waals surface area (Å²) >= 11 is 0. The molecule has 30 heavy (non-hydrogen) atoms. The van der Waals surface area contributed by atoms with Gasteiger partial charge in [0.25, 0.3) is 0 Å². The number of hydrogen-bond donors (Lipinski definition) is 1. The van der Waals surface area contributed by atoms with Crippen LogP contribution in [0.3, 0.4) is 0 Å². The van der Waals surface area contributed by atoms with Crippen LogP contribution in [0.4, 0.5) is 17.1 Å². The second-order valence-corrected chi connectivity index (χ2v) is 8.01. The standard InChI is InChI=1S/C27H31N3/c1-18-10-7-11-19(2)26(18)16-22(5)28-24-14-9-15-25(17-24)29-23(6)30-27-20(3)12-8-13-21(27)4/h7-15,17H,16H2,1-6H3,(H,29,30). The zero-order chi connectivity index (χ0) is 21.7. The van der Waals surface area contributed by atoms with E-state index in [0.29, 0.717) is 0 Å². The Bertz CT molecular complexity index is 1070. The molecule has 0 fully saturated rings. The summed E-state index contributed by atoms with van der Waals surface area (Å²) in [6.07, 6.45) is 0.864. The highest BCUT2D eigenvalue weighted by atomic mass is 15.0. The average molecular weight is 398 g/mol. The number of rotatable bonds is 5. The van der Waals surface area contributed by atoms with E-state index in [4.69, 9.17) is 9.98 Å². The number of nitrogens with one attached hydrogen (secondary N) is 1. The number of anilines is 1. The van der Waals surface area contributed by atoms with Crippen LogP contribution in [0, 0.1) is 27.7 Å². The first-order valence-electron chi connectivity index (χ1n) is 10.4. The zero-order valence-corrected chi connectivity index (χ0v) is 18.9. The molecule has 0 atom stereocenters. The maximum atomic E-state index is 4.85. The summed E-state index contributed by atoms with van der Waals surface area (Å²) in [6.45, 7) is 12.6. The van der Waals surface area contributed by atoms with E-state index in [2.05, 4.69) is 82.4 Å². The fraction of sp³-hybridized carbons (Fsp3) is 0.259. The van der Waals surface area contributed by atoms with E-state index in [9.17, 15) is 0 Å². The van der Waals surface area contributed by atoms with Crippen LogP contribution < -0.4 is 5.32 Å². The summed E-state index contributed by atoms with van der Waals surface area (Å²) in [4.78, 5) is 9.64. The molecule has 3 aromatic rings. The van der Waals surface area contributed by atoms with Gasteiger partial charge in [0, 0.05) is 17.8 Å². The Kier molecular flexibility index (Phi) is 6.83. The number of aliphatic imine (C=N–C) groups is 2. The van der Waals surface area contributed by atoms with Gasteiger partial charge in [0.05, 0.1) is 11.4 Å². The van der Waals surface area contributed by atoms with Gasteiger partial charge in [0.1, 0.15) is 5.84 Å². The Hall–Kier alpha value is -3.20. The van der Waals surface area contributed by atoms with Gasteiger partial charge in [-0.15, -0.1) is 0 Å². The maximum Gasteiger partial charge on any atom is 0.103 e. The Morgan fingerprint density at radius 2 is 1.30 bits per heavy atom. The average Bonchev–Trinajstić information content (AvgIpc) is 2.68. The molecule has 0 radical (unpaired) electrons. The molecule has 3 rings (SSSR count). The molecule has 0 aliphatic rings. The number of benzene rings is 3. The first-order valence-corrected chi connectivity index (χ1v) is 10.4. The van der Waals surface area contributed by atoms with Crippen molar-refractivity contribution in [2.24, 2.45) is 9.98 Å². The molecule has 0 aromatic heterocycles. The van der Waals surface area contributed by atoms with Crippen molar-refractivity contribution in [1.82, 2.24) is 0 Å². The minimum Gasteiger partial charge on any atom is -0.344 e. The van der Waals surface area contributed by atoms with Gasteiger partial charge in [-0.1, -0.05) is 42.5 Å². The molecule has 3 nitrogen and oxygen atoms in total. The summed E-state index contributed by atoms with van der Waals surface area (Å²) in [6, 6.07) is 20.9. The molecule has 0 unspecified atom stereocenters. The lowest BCUT2D eigenvalue weighted by molar-refractivity contribution is 1.19. The third-order valence-electron chi connectivity index (χ3n) is 5.29. The Balaban J connectivity index is 1.77. The molecule has 0 saturated carbocycles. The molecule has 0 heterocycles. The summed E-state index contributed by atoms with van der Waals surface area (Å²) in [5.74, 6) is 0.862. The largest absolute Gasteiger partial charge is 0.344 e. The summed E-state index contributed by atoms with van der Waals surface area (Å²) < 4.78 is 0. The van der Waals surface area contributed by atoms with Gasteiger partial charge in [-0.3, -0.25) is 4.99 Å². The summed E-state index contributed by atoms with van der Waals surface area (Å²) in [7, 11) is 0. The van der Waals surface area contributed by atoms with E-state index in [1.807, 2.05) is 25.1 Å². The van der Waals surface area contributed by atoms with Crippen LogP contribution in [0.15, 0.2) is 70.6 Å². The third kappa shape index (κ3) is 5.44. The quantitative estimate of drug-likeness (QED) is 0.353. The number of amidine groups is 1. The van der Waals surface area contributed by atoms with Gasteiger partial charge in [0.2, 0.25) is 0 Å². The molecular formula is C27H31N3. The van der Waals surface area contributed by atoms with Crippen LogP contribution in [-0.2, 0) is 6.42 Å². The molecule has 1 N–H and O–H groups in total. The second kappa shape index (κ2) is 9.53. The van der Waals surface area contributed by atoms with Crippen LogP contribution >= 0.6 is 0 Å². The van der Waals surface area contributed by atoms with Gasteiger partial charge < -0.3 is 5.32 Å². The minimum absolute atomic E-state index is 0.862. The first-order chi connectivity index (χ1) is 14.3. The predicted molar refractivity (Wildman–Crippen MR) is 131 cm³/mol. The maximum absolute atomic E-state index is 4.85. The lowest BCUT2D eigenvalue weighted by atomic mass is 9.98. The number of para-hydroxylation sites is 1. The highest BCUT2D eigenvalue weighted by molar-refractivity contribution is 5.96. The molecule has 0 aliphatic heterocycles. The molecule has 3 aromatic carbocycles. The molecule has 0 amide bonds. The fourth-order valence-corrected chi connectivity index (χ4v) is 3.68. The van der Waals surface area contributed by atoms with Crippen LogP contribution in [0.5, 0.6) is 0 Å². The summed E-state index contributed by atoms with van der Waals surface area (Å²) in [5.41, 5.74) is 10.4. The second-order valence-electron chi connectivity index (χ2n) is 8.01. The van der Waals surface area contributed by atoms with Crippen molar-refractivity contribution < 1.29 is 0 Å². The summed E-state index contributed by atoms with van der Waals surface area (Å²) in [5, 5.41) is 3.41. The monoisotopic (exact) mass is 397 g/mol. The van der Waals surface area contributed by atoms with Crippen molar-refractivity contribution >= 4 is 28.6 Å². The highest BCUT2D eigenvalue weighted by Crippen LogP contribution is 2.24. The molecular weight excluding hydrogens is 366 g/mol. The van der Waals surface area contributed by atoms with Gasteiger partial charge in [-0.2, -0.15) is 0 Å². The third-order valence-corrected chi connectivity index (χ3v) is 5.29. The lowest BCUT2D eigenvalue weighted by Crippen LogP contribution is -2.07. The van der Waals surface area contributed by atoms with Crippen molar-refractivity contribution in [2.75, 3.05) is 5.32 Å². The van der Waals surface area contributed by atoms with Gasteiger partial charge in [0.15, 0.2) is 0 Å². The Morgan fingerprint density at radius 1 is 0.733 bits per heavy atom. The smallest absolute Gasteiger partial charge is 0.103 e. The van der Waals surface area contributed by atoms with Gasteiger partial charge in [-0.05, 0) is 87.6 Å². The number of nitrogens with zero attached hydrogens (tertiary/aromatic N) is 2. The Morgan fingerprint density at radius 3 is 1.93 bits per heavy atom. The predicted octanol–water partition coefficient (Wildman–Crippen LogP) is 7.42. The highest BCUT2D eigenvalue weighted by Gasteiger charge is 2.05. The van der Waals surface area contributed by atoms with Crippen molar-refractivity contribution in [3.8, 4) is 0 Å². The lowest BCUT2D eigenvalue weighted by Gasteiger charge is -2.11. The van der Waals surface area contributed by atoms with E-state index in [1.54, 1.807) is 0 Å². The topological polar surface area (TPSA) is 36.8 Å². The molecule has 0 saturated heterocycles. The van der Waals surface area contributed by atoms with Gasteiger partial charge in [-0.25, -0.2) is 4.99 Å². The van der Waals surface area contributed by atoms with Crippen LogP contribution in [0.1, 0.15) is 41.7 Å². The van der Waals surface area contributed by atoms with Crippen LogP contribution in [0.2, 0.25) is 0 Å². The molecule has 0 bridgehead atoms. The first kappa shape index (κ1) is 21.5. The van der Waals surface area contributed by atoms with Crippen LogP contribution in [0.25, 0.3) is 0 Å². The van der Waals surface area contributed by atoms with Crippen molar-refractivity contribution in [3.63, 3.8) is 0 Å². The Labute approximate surface area is 180 Å².